The van der Waals surface area contributed by atoms with E-state index in [-0.39, 0.29) is 13.2 Å². The first-order valence-corrected chi connectivity index (χ1v) is 11.8. The third-order valence-corrected chi connectivity index (χ3v) is 6.10. The standard InChI is InChI=1S/C27H31N3O5/c1-4-28-26(31)34-16-22-23(17-35-27(32)29-5-2)25(18-10-12-21(33-3)13-11-18)30-15-20-9-7-6-8-19(20)14-24(22)30/h6-13H,4-5,14-17H2,1-3H3,(H,28,31)(H,29,32). The molecule has 1 aliphatic rings. The van der Waals surface area contributed by atoms with Gasteiger partial charge in [0.1, 0.15) is 19.0 Å². The van der Waals surface area contributed by atoms with E-state index in [4.69, 9.17) is 14.2 Å². The van der Waals surface area contributed by atoms with Gasteiger partial charge < -0.3 is 29.4 Å². The molecule has 0 saturated heterocycles. The fraction of sp³-hybridized carbons (Fsp3) is 0.333. The van der Waals surface area contributed by atoms with Gasteiger partial charge in [0.2, 0.25) is 0 Å². The Morgan fingerprint density at radius 3 is 2.06 bits per heavy atom. The zero-order valence-corrected chi connectivity index (χ0v) is 20.3. The lowest BCUT2D eigenvalue weighted by Gasteiger charge is -2.22. The quantitative estimate of drug-likeness (QED) is 0.387. The van der Waals surface area contributed by atoms with Crippen LogP contribution in [-0.4, -0.2) is 37.0 Å². The topological polar surface area (TPSA) is 90.8 Å². The largest absolute Gasteiger partial charge is 0.497 e. The van der Waals surface area contributed by atoms with Crippen molar-refractivity contribution in [3.05, 3.63) is 76.5 Å². The van der Waals surface area contributed by atoms with Crippen molar-refractivity contribution in [2.24, 2.45) is 0 Å². The molecule has 1 aliphatic heterocycles. The van der Waals surface area contributed by atoms with E-state index in [0.29, 0.717) is 26.1 Å². The zero-order valence-electron chi connectivity index (χ0n) is 20.3. The average Bonchev–Trinajstić information content (AvgIpc) is 3.17. The first kappa shape index (κ1) is 24.2. The highest BCUT2D eigenvalue weighted by Crippen LogP contribution is 2.38. The Hall–Kier alpha value is -3.94. The SMILES string of the molecule is CCNC(=O)OCc1c(COC(=O)NCC)c(-c2ccc(OC)cc2)n2c1Cc1ccccc1C2. The van der Waals surface area contributed by atoms with Crippen molar-refractivity contribution in [1.82, 2.24) is 15.2 Å². The number of alkyl carbamates (subject to hydrolysis) is 2. The average molecular weight is 478 g/mol. The summed E-state index contributed by atoms with van der Waals surface area (Å²) in [5.41, 5.74) is 7.11. The third kappa shape index (κ3) is 5.26. The van der Waals surface area contributed by atoms with Crippen molar-refractivity contribution >= 4 is 12.2 Å². The number of carbonyl (C=O) groups is 2. The molecular formula is C27H31N3O5. The van der Waals surface area contributed by atoms with Gasteiger partial charge >= 0.3 is 12.2 Å². The Morgan fingerprint density at radius 2 is 1.46 bits per heavy atom. The van der Waals surface area contributed by atoms with Gasteiger partial charge in [-0.05, 0) is 54.8 Å². The van der Waals surface area contributed by atoms with Gasteiger partial charge in [-0.2, -0.15) is 0 Å². The molecule has 1 aromatic heterocycles. The van der Waals surface area contributed by atoms with Crippen LogP contribution in [0.25, 0.3) is 11.3 Å². The van der Waals surface area contributed by atoms with Crippen LogP contribution in [0.15, 0.2) is 48.5 Å². The lowest BCUT2D eigenvalue weighted by Crippen LogP contribution is -2.24. The molecule has 0 atom stereocenters. The summed E-state index contributed by atoms with van der Waals surface area (Å²) < 4.78 is 18.7. The molecule has 35 heavy (non-hydrogen) atoms. The maximum Gasteiger partial charge on any atom is 0.407 e. The van der Waals surface area contributed by atoms with Crippen molar-refractivity contribution in [1.29, 1.82) is 0 Å². The lowest BCUT2D eigenvalue weighted by atomic mass is 9.97. The first-order chi connectivity index (χ1) is 17.0. The van der Waals surface area contributed by atoms with Gasteiger partial charge in [0.15, 0.2) is 0 Å². The highest BCUT2D eigenvalue weighted by atomic mass is 16.6. The molecule has 0 radical (unpaired) electrons. The minimum absolute atomic E-state index is 0.0532. The number of aromatic nitrogens is 1. The Labute approximate surface area is 205 Å². The molecule has 0 spiro atoms. The summed E-state index contributed by atoms with van der Waals surface area (Å²) in [6.07, 6.45) is -0.282. The predicted octanol–water partition coefficient (Wildman–Crippen LogP) is 4.61. The number of hydrogen-bond acceptors (Lipinski definition) is 5. The van der Waals surface area contributed by atoms with Crippen LogP contribution in [0.1, 0.15) is 41.8 Å². The second-order valence-electron chi connectivity index (χ2n) is 8.23. The Balaban J connectivity index is 1.82. The van der Waals surface area contributed by atoms with Crippen LogP contribution >= 0.6 is 0 Å². The van der Waals surface area contributed by atoms with Crippen molar-refractivity contribution in [3.63, 3.8) is 0 Å². The van der Waals surface area contributed by atoms with Gasteiger partial charge in [-0.25, -0.2) is 9.59 Å². The normalized spacial score (nSPS) is 11.7. The molecule has 4 rings (SSSR count). The molecular weight excluding hydrogens is 446 g/mol. The van der Waals surface area contributed by atoms with Crippen molar-refractivity contribution < 1.29 is 23.8 Å². The van der Waals surface area contributed by atoms with Crippen LogP contribution in [0, 0.1) is 0 Å². The van der Waals surface area contributed by atoms with Crippen LogP contribution in [0.5, 0.6) is 5.75 Å². The minimum Gasteiger partial charge on any atom is -0.497 e. The number of benzene rings is 2. The number of carbonyl (C=O) groups excluding carboxylic acids is 2. The number of ether oxygens (including phenoxy) is 3. The molecule has 0 aliphatic carbocycles. The second-order valence-corrected chi connectivity index (χ2v) is 8.23. The van der Waals surface area contributed by atoms with Gasteiger partial charge in [0.25, 0.3) is 0 Å². The number of methoxy groups -OCH3 is 1. The van der Waals surface area contributed by atoms with E-state index in [1.807, 2.05) is 50.2 Å². The fourth-order valence-electron chi connectivity index (χ4n) is 4.46. The van der Waals surface area contributed by atoms with E-state index in [1.54, 1.807) is 7.11 Å². The molecule has 3 aromatic rings. The molecule has 0 saturated carbocycles. The third-order valence-electron chi connectivity index (χ3n) is 6.10. The first-order valence-electron chi connectivity index (χ1n) is 11.8. The molecule has 0 unspecified atom stereocenters. The molecule has 8 nitrogen and oxygen atoms in total. The molecule has 2 N–H and O–H groups in total. The van der Waals surface area contributed by atoms with Gasteiger partial charge in [0, 0.05) is 42.9 Å². The maximum atomic E-state index is 12.2. The summed E-state index contributed by atoms with van der Waals surface area (Å²) in [6, 6.07) is 16.1. The Bertz CT molecular complexity index is 1200. The molecule has 184 valence electrons. The lowest BCUT2D eigenvalue weighted by molar-refractivity contribution is 0.132. The smallest absolute Gasteiger partial charge is 0.407 e. The minimum atomic E-state index is -0.490. The van der Waals surface area contributed by atoms with Crippen molar-refractivity contribution in [2.45, 2.75) is 40.0 Å². The second kappa shape index (κ2) is 11.0. The molecule has 0 bridgehead atoms. The number of rotatable bonds is 8. The van der Waals surface area contributed by atoms with Crippen LogP contribution in [0.3, 0.4) is 0 Å². The molecule has 0 fully saturated rings. The number of nitrogens with one attached hydrogen (secondary N) is 2. The number of fused-ring (bicyclic) bond motifs is 2. The summed E-state index contributed by atoms with van der Waals surface area (Å²) in [4.78, 5) is 24.3. The number of nitrogens with zero attached hydrogens (tertiary/aromatic N) is 1. The van der Waals surface area contributed by atoms with Crippen LogP contribution in [0.2, 0.25) is 0 Å². The monoisotopic (exact) mass is 477 g/mol. The van der Waals surface area contributed by atoms with E-state index >= 15 is 0 Å². The molecule has 8 heteroatoms. The maximum absolute atomic E-state index is 12.2. The molecule has 2 aromatic carbocycles. The summed E-state index contributed by atoms with van der Waals surface area (Å²) in [5.74, 6) is 0.754. The van der Waals surface area contributed by atoms with Gasteiger partial charge in [-0.3, -0.25) is 0 Å². The Kier molecular flexibility index (Phi) is 7.60. The van der Waals surface area contributed by atoms with Crippen molar-refractivity contribution in [3.8, 4) is 17.0 Å². The molecule has 2 amide bonds. The van der Waals surface area contributed by atoms with Gasteiger partial charge in [-0.1, -0.05) is 24.3 Å². The molecule has 2 heterocycles. The van der Waals surface area contributed by atoms with Crippen molar-refractivity contribution in [2.75, 3.05) is 20.2 Å². The van der Waals surface area contributed by atoms with E-state index in [1.165, 1.54) is 11.1 Å². The van der Waals surface area contributed by atoms with Crippen LogP contribution in [0.4, 0.5) is 9.59 Å². The van der Waals surface area contributed by atoms with E-state index in [0.717, 1.165) is 33.8 Å². The highest BCUT2D eigenvalue weighted by molar-refractivity contribution is 5.72. The van der Waals surface area contributed by atoms with E-state index < -0.39 is 12.2 Å². The van der Waals surface area contributed by atoms with Crippen LogP contribution < -0.4 is 15.4 Å². The summed E-state index contributed by atoms with van der Waals surface area (Å²) >= 11 is 0. The van der Waals surface area contributed by atoms with E-state index in [9.17, 15) is 9.59 Å². The van der Waals surface area contributed by atoms with Gasteiger partial charge in [0.05, 0.1) is 12.8 Å². The van der Waals surface area contributed by atoms with Gasteiger partial charge in [-0.15, -0.1) is 0 Å². The van der Waals surface area contributed by atoms with E-state index in [2.05, 4.69) is 27.3 Å². The fourth-order valence-corrected chi connectivity index (χ4v) is 4.46. The zero-order chi connectivity index (χ0) is 24.8. The Morgan fingerprint density at radius 1 is 0.857 bits per heavy atom. The summed E-state index contributed by atoms with van der Waals surface area (Å²) in [7, 11) is 1.63. The summed E-state index contributed by atoms with van der Waals surface area (Å²) in [5, 5.41) is 5.34. The summed E-state index contributed by atoms with van der Waals surface area (Å²) in [6.45, 7) is 5.42. The predicted molar refractivity (Wildman–Crippen MR) is 132 cm³/mol. The number of amides is 2. The van der Waals surface area contributed by atoms with Crippen LogP contribution in [-0.2, 0) is 35.7 Å². The highest BCUT2D eigenvalue weighted by Gasteiger charge is 2.29. The number of hydrogen-bond donors (Lipinski definition) is 2.